The van der Waals surface area contributed by atoms with Crippen molar-refractivity contribution in [3.63, 3.8) is 0 Å². The van der Waals surface area contributed by atoms with Crippen molar-refractivity contribution in [3.8, 4) is 5.75 Å². The summed E-state index contributed by atoms with van der Waals surface area (Å²) >= 11 is 0. The number of hydrogen-bond acceptors (Lipinski definition) is 3. The molecule has 0 aromatic heterocycles. The minimum atomic E-state index is 0.0505. The zero-order valence-corrected chi connectivity index (χ0v) is 12.9. The van der Waals surface area contributed by atoms with Crippen LogP contribution in [-0.4, -0.2) is 30.6 Å². The third kappa shape index (κ3) is 5.21. The van der Waals surface area contributed by atoms with E-state index < -0.39 is 0 Å². The van der Waals surface area contributed by atoms with Crippen LogP contribution in [-0.2, 0) is 0 Å². The average molecular weight is 264 g/mol. The van der Waals surface area contributed by atoms with Gasteiger partial charge in [0, 0.05) is 18.1 Å². The summed E-state index contributed by atoms with van der Waals surface area (Å²) < 4.78 is 5.82. The van der Waals surface area contributed by atoms with Crippen LogP contribution in [0.15, 0.2) is 24.3 Å². The van der Waals surface area contributed by atoms with Crippen molar-refractivity contribution in [1.82, 2.24) is 4.90 Å². The first-order valence-corrected chi connectivity index (χ1v) is 7.12. The molecule has 3 nitrogen and oxygen atoms in total. The molecule has 1 aromatic carbocycles. The second-order valence-electron chi connectivity index (χ2n) is 5.61. The molecule has 0 fully saturated rings. The second-order valence-corrected chi connectivity index (χ2v) is 5.61. The van der Waals surface area contributed by atoms with Crippen molar-refractivity contribution in [2.75, 3.05) is 13.7 Å². The maximum atomic E-state index is 5.87. The lowest BCUT2D eigenvalue weighted by molar-refractivity contribution is 0.173. The molecular formula is C16H28N2O. The Labute approximate surface area is 117 Å². The van der Waals surface area contributed by atoms with Gasteiger partial charge in [-0.25, -0.2) is 0 Å². The van der Waals surface area contributed by atoms with E-state index in [1.807, 2.05) is 31.2 Å². The van der Waals surface area contributed by atoms with E-state index in [0.29, 0.717) is 12.1 Å². The van der Waals surface area contributed by atoms with Gasteiger partial charge in [0.1, 0.15) is 5.75 Å². The Hall–Kier alpha value is -1.06. The molecule has 0 saturated heterocycles. The largest absolute Gasteiger partial charge is 0.494 e. The van der Waals surface area contributed by atoms with Crippen molar-refractivity contribution >= 4 is 0 Å². The smallest absolute Gasteiger partial charge is 0.119 e. The minimum Gasteiger partial charge on any atom is -0.494 e. The molecule has 0 aliphatic rings. The number of nitrogens with zero attached hydrogens (tertiary/aromatic N) is 1. The van der Waals surface area contributed by atoms with E-state index >= 15 is 0 Å². The molecule has 0 amide bonds. The first-order valence-electron chi connectivity index (χ1n) is 7.12. The quantitative estimate of drug-likeness (QED) is 0.822. The zero-order chi connectivity index (χ0) is 14.4. The van der Waals surface area contributed by atoms with E-state index in [4.69, 9.17) is 10.5 Å². The predicted octanol–water partition coefficient (Wildman–Crippen LogP) is 3.20. The molecule has 1 rings (SSSR count). The van der Waals surface area contributed by atoms with Gasteiger partial charge in [0.25, 0.3) is 0 Å². The van der Waals surface area contributed by atoms with Crippen LogP contribution in [0, 0.1) is 0 Å². The molecule has 2 atom stereocenters. The molecule has 0 spiro atoms. The molecule has 3 heteroatoms. The Bertz CT molecular complexity index is 377. The molecule has 0 radical (unpaired) electrons. The van der Waals surface area contributed by atoms with E-state index in [-0.39, 0.29) is 6.04 Å². The summed E-state index contributed by atoms with van der Waals surface area (Å²) in [5, 5.41) is 0. The Morgan fingerprint density at radius 1 is 1.21 bits per heavy atom. The molecular weight excluding hydrogens is 236 g/mol. The van der Waals surface area contributed by atoms with Gasteiger partial charge in [0.2, 0.25) is 0 Å². The lowest BCUT2D eigenvalue weighted by atomic mass is 10.1. The summed E-state index contributed by atoms with van der Waals surface area (Å²) in [6, 6.07) is 9.19. The lowest BCUT2D eigenvalue weighted by Gasteiger charge is -2.28. The van der Waals surface area contributed by atoms with Crippen LogP contribution in [0.5, 0.6) is 5.75 Å². The number of hydrogen-bond donors (Lipinski definition) is 1. The number of rotatable bonds is 7. The fraction of sp³-hybridized carbons (Fsp3) is 0.625. The molecule has 19 heavy (non-hydrogen) atoms. The molecule has 0 saturated carbocycles. The van der Waals surface area contributed by atoms with Crippen LogP contribution in [0.3, 0.4) is 0 Å². The molecule has 0 bridgehead atoms. The molecule has 2 N–H and O–H groups in total. The summed E-state index contributed by atoms with van der Waals surface area (Å²) in [7, 11) is 2.16. The van der Waals surface area contributed by atoms with Crippen molar-refractivity contribution in [3.05, 3.63) is 29.8 Å². The van der Waals surface area contributed by atoms with E-state index in [2.05, 4.69) is 32.7 Å². The van der Waals surface area contributed by atoms with Gasteiger partial charge in [-0.05, 0) is 58.9 Å². The van der Waals surface area contributed by atoms with Gasteiger partial charge in [-0.1, -0.05) is 12.1 Å². The molecule has 0 heterocycles. The third-order valence-corrected chi connectivity index (χ3v) is 3.70. The topological polar surface area (TPSA) is 38.5 Å². The second kappa shape index (κ2) is 7.51. The van der Waals surface area contributed by atoms with Gasteiger partial charge >= 0.3 is 0 Å². The van der Waals surface area contributed by atoms with Crippen LogP contribution in [0.4, 0.5) is 0 Å². The molecule has 1 aromatic rings. The van der Waals surface area contributed by atoms with E-state index in [9.17, 15) is 0 Å². The predicted molar refractivity (Wildman–Crippen MR) is 81.5 cm³/mol. The fourth-order valence-corrected chi connectivity index (χ4v) is 1.95. The van der Waals surface area contributed by atoms with Gasteiger partial charge in [-0.15, -0.1) is 0 Å². The van der Waals surface area contributed by atoms with Crippen molar-refractivity contribution < 1.29 is 4.74 Å². The molecule has 1 unspecified atom stereocenters. The number of ether oxygens (including phenoxy) is 1. The Balaban J connectivity index is 2.43. The maximum Gasteiger partial charge on any atom is 0.119 e. The summed E-state index contributed by atoms with van der Waals surface area (Å²) in [5.74, 6) is 0.911. The Morgan fingerprint density at radius 2 is 1.89 bits per heavy atom. The SMILES string of the molecule is CC(C)N(C)C(C)CCOc1cccc([C@@H](C)N)c1. The highest BCUT2D eigenvalue weighted by Crippen LogP contribution is 2.18. The summed E-state index contributed by atoms with van der Waals surface area (Å²) in [4.78, 5) is 2.36. The zero-order valence-electron chi connectivity index (χ0n) is 12.9. The average Bonchev–Trinajstić information content (AvgIpc) is 2.37. The van der Waals surface area contributed by atoms with Crippen LogP contribution in [0.25, 0.3) is 0 Å². The van der Waals surface area contributed by atoms with Crippen LogP contribution < -0.4 is 10.5 Å². The van der Waals surface area contributed by atoms with Gasteiger partial charge in [0.05, 0.1) is 6.61 Å². The molecule has 108 valence electrons. The van der Waals surface area contributed by atoms with Crippen molar-refractivity contribution in [1.29, 1.82) is 0 Å². The monoisotopic (exact) mass is 264 g/mol. The van der Waals surface area contributed by atoms with Gasteiger partial charge in [-0.3, -0.25) is 0 Å². The fourth-order valence-electron chi connectivity index (χ4n) is 1.95. The van der Waals surface area contributed by atoms with Gasteiger partial charge in [-0.2, -0.15) is 0 Å². The summed E-state index contributed by atoms with van der Waals surface area (Å²) in [6.07, 6.45) is 1.02. The Morgan fingerprint density at radius 3 is 2.47 bits per heavy atom. The van der Waals surface area contributed by atoms with Crippen LogP contribution in [0.2, 0.25) is 0 Å². The molecule has 0 aliphatic carbocycles. The summed E-state index contributed by atoms with van der Waals surface area (Å²) in [6.45, 7) is 9.38. The number of benzene rings is 1. The normalized spacial score (nSPS) is 14.7. The first kappa shape index (κ1) is 16.0. The molecule has 0 aliphatic heterocycles. The number of nitrogens with two attached hydrogens (primary N) is 1. The highest BCUT2D eigenvalue weighted by atomic mass is 16.5. The standard InChI is InChI=1S/C16H28N2O/c1-12(2)18(5)13(3)9-10-19-16-8-6-7-15(11-16)14(4)17/h6-8,11-14H,9-10,17H2,1-5H3/t13?,14-/m1/s1. The summed E-state index contributed by atoms with van der Waals surface area (Å²) in [5.41, 5.74) is 6.99. The van der Waals surface area contributed by atoms with Gasteiger partial charge < -0.3 is 15.4 Å². The maximum absolute atomic E-state index is 5.87. The third-order valence-electron chi connectivity index (χ3n) is 3.70. The Kier molecular flexibility index (Phi) is 6.32. The van der Waals surface area contributed by atoms with E-state index in [0.717, 1.165) is 24.3 Å². The first-order chi connectivity index (χ1) is 8.91. The van der Waals surface area contributed by atoms with Crippen molar-refractivity contribution in [2.45, 2.75) is 52.2 Å². The van der Waals surface area contributed by atoms with Crippen molar-refractivity contribution in [2.24, 2.45) is 5.73 Å². The van der Waals surface area contributed by atoms with Gasteiger partial charge in [0.15, 0.2) is 0 Å². The minimum absolute atomic E-state index is 0.0505. The van der Waals surface area contributed by atoms with Crippen LogP contribution >= 0.6 is 0 Å². The highest BCUT2D eigenvalue weighted by molar-refractivity contribution is 5.30. The lowest BCUT2D eigenvalue weighted by Crippen LogP contribution is -2.35. The van der Waals surface area contributed by atoms with Crippen LogP contribution in [0.1, 0.15) is 45.7 Å². The van der Waals surface area contributed by atoms with E-state index in [1.54, 1.807) is 0 Å². The highest BCUT2D eigenvalue weighted by Gasteiger charge is 2.12. The van der Waals surface area contributed by atoms with E-state index in [1.165, 1.54) is 0 Å².